The molecule has 1 aliphatic heterocycles. The van der Waals surface area contributed by atoms with Gasteiger partial charge in [-0.05, 0) is 52.4 Å². The number of rotatable bonds is 2. The summed E-state index contributed by atoms with van der Waals surface area (Å²) in [6, 6.07) is -0.488. The highest BCUT2D eigenvalue weighted by Crippen LogP contribution is 2.48. The minimum atomic E-state index is -0.554. The van der Waals surface area contributed by atoms with E-state index in [1.165, 1.54) is 12.8 Å². The molecule has 0 aromatic rings. The first kappa shape index (κ1) is 16.1. The van der Waals surface area contributed by atoms with Gasteiger partial charge in [-0.15, -0.1) is 0 Å². The number of esters is 1. The molecule has 1 aliphatic carbocycles. The molecule has 1 atom stereocenters. The molecule has 1 unspecified atom stereocenters. The van der Waals surface area contributed by atoms with Crippen LogP contribution in [0.3, 0.4) is 0 Å². The Morgan fingerprint density at radius 1 is 1.24 bits per heavy atom. The molecular weight excluding hydrogens is 270 g/mol. The minimum absolute atomic E-state index is 0.0916. The summed E-state index contributed by atoms with van der Waals surface area (Å²) >= 11 is 0. The average Bonchev–Trinajstić information content (AvgIpc) is 2.96. The van der Waals surface area contributed by atoms with E-state index in [0.29, 0.717) is 19.6 Å². The van der Waals surface area contributed by atoms with Crippen molar-refractivity contribution >= 4 is 12.1 Å². The Balaban J connectivity index is 2.14. The van der Waals surface area contributed by atoms with Gasteiger partial charge < -0.3 is 9.47 Å². The normalized spacial score (nSPS) is 24.4. The molecule has 2 rings (SSSR count). The second-order valence-electron chi connectivity index (χ2n) is 7.29. The van der Waals surface area contributed by atoms with Gasteiger partial charge in [0.05, 0.1) is 6.61 Å². The lowest BCUT2D eigenvalue weighted by Gasteiger charge is -2.28. The van der Waals surface area contributed by atoms with Crippen LogP contribution in [0.15, 0.2) is 0 Å². The first-order chi connectivity index (χ1) is 9.76. The summed E-state index contributed by atoms with van der Waals surface area (Å²) in [6.07, 6.45) is 4.84. The van der Waals surface area contributed by atoms with Crippen LogP contribution in [0.4, 0.5) is 4.79 Å². The Bertz CT molecular complexity index is 407. The van der Waals surface area contributed by atoms with Crippen molar-refractivity contribution in [2.45, 2.75) is 71.4 Å². The van der Waals surface area contributed by atoms with Gasteiger partial charge in [0, 0.05) is 6.54 Å². The van der Waals surface area contributed by atoms with Crippen LogP contribution in [-0.2, 0) is 14.3 Å². The summed E-state index contributed by atoms with van der Waals surface area (Å²) in [5.74, 6) is -0.299. The molecule has 0 aromatic carbocycles. The molecule has 0 N–H and O–H groups in total. The lowest BCUT2D eigenvalue weighted by molar-refractivity contribution is -0.148. The molecule has 5 nitrogen and oxygen atoms in total. The third kappa shape index (κ3) is 3.69. The Morgan fingerprint density at radius 3 is 2.38 bits per heavy atom. The topological polar surface area (TPSA) is 55.8 Å². The number of carbonyl (C=O) groups excluding carboxylic acids is 2. The Hall–Kier alpha value is -1.26. The lowest BCUT2D eigenvalue weighted by Crippen LogP contribution is -2.44. The van der Waals surface area contributed by atoms with Gasteiger partial charge in [0.2, 0.25) is 0 Å². The van der Waals surface area contributed by atoms with Crippen molar-refractivity contribution in [1.29, 1.82) is 0 Å². The third-order valence-corrected chi connectivity index (χ3v) is 4.36. The highest BCUT2D eigenvalue weighted by molar-refractivity contribution is 5.82. The summed E-state index contributed by atoms with van der Waals surface area (Å²) in [4.78, 5) is 26.2. The van der Waals surface area contributed by atoms with Crippen molar-refractivity contribution in [2.24, 2.45) is 5.41 Å². The fourth-order valence-electron chi connectivity index (χ4n) is 3.51. The predicted octanol–water partition coefficient (Wildman–Crippen LogP) is 3.12. The molecule has 120 valence electrons. The molecule has 21 heavy (non-hydrogen) atoms. The fourth-order valence-corrected chi connectivity index (χ4v) is 3.51. The molecule has 1 spiro atoms. The number of hydrogen-bond donors (Lipinski definition) is 0. The van der Waals surface area contributed by atoms with Gasteiger partial charge in [-0.2, -0.15) is 0 Å². The van der Waals surface area contributed by atoms with Gasteiger partial charge in [-0.1, -0.05) is 12.8 Å². The summed E-state index contributed by atoms with van der Waals surface area (Å²) in [5, 5.41) is 0. The predicted molar refractivity (Wildman–Crippen MR) is 78.9 cm³/mol. The van der Waals surface area contributed by atoms with E-state index < -0.39 is 17.7 Å². The van der Waals surface area contributed by atoms with Crippen LogP contribution in [0.1, 0.15) is 59.8 Å². The number of hydrogen-bond acceptors (Lipinski definition) is 4. The van der Waals surface area contributed by atoms with Crippen molar-refractivity contribution in [1.82, 2.24) is 4.90 Å². The van der Waals surface area contributed by atoms with E-state index in [-0.39, 0.29) is 11.4 Å². The van der Waals surface area contributed by atoms with E-state index in [1.807, 2.05) is 20.8 Å². The molecule has 1 saturated carbocycles. The molecule has 1 amide bonds. The molecule has 2 aliphatic rings. The van der Waals surface area contributed by atoms with E-state index in [4.69, 9.17) is 9.47 Å². The Labute approximate surface area is 127 Å². The molecular formula is C16H27NO4. The Kier molecular flexibility index (Phi) is 4.49. The zero-order valence-electron chi connectivity index (χ0n) is 13.6. The quantitative estimate of drug-likeness (QED) is 0.735. The van der Waals surface area contributed by atoms with Crippen molar-refractivity contribution in [3.8, 4) is 0 Å². The second kappa shape index (κ2) is 5.85. The van der Waals surface area contributed by atoms with Gasteiger partial charge in [0.1, 0.15) is 11.6 Å². The first-order valence-electron chi connectivity index (χ1n) is 7.93. The summed E-state index contributed by atoms with van der Waals surface area (Å²) in [5.41, 5.74) is -0.462. The highest BCUT2D eigenvalue weighted by atomic mass is 16.6. The van der Waals surface area contributed by atoms with Crippen LogP contribution in [0.2, 0.25) is 0 Å². The standard InChI is InChI=1S/C16H27NO4/c1-5-20-13(18)12-10-16(8-6-7-9-16)11-17(12)14(19)21-15(2,3)4/h12H,5-11H2,1-4H3. The number of ether oxygens (including phenoxy) is 2. The number of carbonyl (C=O) groups is 2. The molecule has 0 bridgehead atoms. The molecule has 5 heteroatoms. The maximum absolute atomic E-state index is 12.4. The van der Waals surface area contributed by atoms with Gasteiger partial charge in [-0.25, -0.2) is 9.59 Å². The van der Waals surface area contributed by atoms with Gasteiger partial charge in [-0.3, -0.25) is 4.90 Å². The molecule has 0 radical (unpaired) electrons. The van der Waals surface area contributed by atoms with Crippen LogP contribution >= 0.6 is 0 Å². The molecule has 1 saturated heterocycles. The minimum Gasteiger partial charge on any atom is -0.464 e. The van der Waals surface area contributed by atoms with Crippen LogP contribution in [-0.4, -0.2) is 41.8 Å². The summed E-state index contributed by atoms with van der Waals surface area (Å²) in [6.45, 7) is 8.26. The monoisotopic (exact) mass is 297 g/mol. The molecule has 0 aromatic heterocycles. The zero-order chi connectivity index (χ0) is 15.7. The van der Waals surface area contributed by atoms with Crippen molar-refractivity contribution < 1.29 is 19.1 Å². The maximum Gasteiger partial charge on any atom is 0.411 e. The van der Waals surface area contributed by atoms with Crippen molar-refractivity contribution in [2.75, 3.05) is 13.2 Å². The largest absolute Gasteiger partial charge is 0.464 e. The van der Waals surface area contributed by atoms with Crippen LogP contribution in [0, 0.1) is 5.41 Å². The van der Waals surface area contributed by atoms with E-state index >= 15 is 0 Å². The smallest absolute Gasteiger partial charge is 0.411 e. The third-order valence-electron chi connectivity index (χ3n) is 4.36. The lowest BCUT2D eigenvalue weighted by atomic mass is 9.84. The van der Waals surface area contributed by atoms with Crippen LogP contribution in [0.5, 0.6) is 0 Å². The molecule has 1 heterocycles. The van der Waals surface area contributed by atoms with Gasteiger partial charge >= 0.3 is 12.1 Å². The van der Waals surface area contributed by atoms with Crippen molar-refractivity contribution in [3.63, 3.8) is 0 Å². The zero-order valence-corrected chi connectivity index (χ0v) is 13.6. The number of amides is 1. The first-order valence-corrected chi connectivity index (χ1v) is 7.93. The van der Waals surface area contributed by atoms with Crippen LogP contribution in [0.25, 0.3) is 0 Å². The van der Waals surface area contributed by atoms with E-state index in [2.05, 4.69) is 0 Å². The number of likely N-dealkylation sites (tertiary alicyclic amines) is 1. The van der Waals surface area contributed by atoms with Gasteiger partial charge in [0.25, 0.3) is 0 Å². The van der Waals surface area contributed by atoms with Gasteiger partial charge in [0.15, 0.2) is 0 Å². The van der Waals surface area contributed by atoms with E-state index in [9.17, 15) is 9.59 Å². The number of nitrogens with zero attached hydrogens (tertiary/aromatic N) is 1. The van der Waals surface area contributed by atoms with Crippen molar-refractivity contribution in [3.05, 3.63) is 0 Å². The fraction of sp³-hybridized carbons (Fsp3) is 0.875. The SMILES string of the molecule is CCOC(=O)C1CC2(CCCC2)CN1C(=O)OC(C)(C)C. The summed E-state index contributed by atoms with van der Waals surface area (Å²) < 4.78 is 10.6. The van der Waals surface area contributed by atoms with E-state index in [0.717, 1.165) is 12.8 Å². The average molecular weight is 297 g/mol. The summed E-state index contributed by atoms with van der Waals surface area (Å²) in [7, 11) is 0. The maximum atomic E-state index is 12.4. The van der Waals surface area contributed by atoms with E-state index in [1.54, 1.807) is 11.8 Å². The highest BCUT2D eigenvalue weighted by Gasteiger charge is 2.51. The molecule has 2 fully saturated rings. The van der Waals surface area contributed by atoms with Crippen LogP contribution < -0.4 is 0 Å². The second-order valence-corrected chi connectivity index (χ2v) is 7.29. The Morgan fingerprint density at radius 2 is 1.86 bits per heavy atom.